The van der Waals surface area contributed by atoms with Crippen LogP contribution in [0, 0.1) is 16.0 Å². The van der Waals surface area contributed by atoms with E-state index >= 15 is 0 Å². The van der Waals surface area contributed by atoms with Gasteiger partial charge in [0.2, 0.25) is 0 Å². The van der Waals surface area contributed by atoms with Crippen LogP contribution in [0.3, 0.4) is 0 Å². The van der Waals surface area contributed by atoms with Crippen molar-refractivity contribution in [1.29, 1.82) is 0 Å². The normalized spacial score (nSPS) is 22.2. The minimum Gasteiger partial charge on any atom is -0.477 e. The smallest absolute Gasteiger partial charge is 0.342 e. The van der Waals surface area contributed by atoms with Crippen LogP contribution < -0.4 is 5.32 Å². The van der Waals surface area contributed by atoms with E-state index in [1.807, 2.05) is 0 Å². The number of carboxylic acid groups (broad SMARTS) is 1. The second-order valence-corrected chi connectivity index (χ2v) is 4.95. The maximum Gasteiger partial charge on any atom is 0.342 e. The van der Waals surface area contributed by atoms with Gasteiger partial charge in [0, 0.05) is 17.8 Å². The lowest BCUT2D eigenvalue weighted by molar-refractivity contribution is -0.385. The van der Waals surface area contributed by atoms with Crippen molar-refractivity contribution in [3.05, 3.63) is 33.9 Å². The zero-order valence-electron chi connectivity index (χ0n) is 10.6. The molecule has 0 radical (unpaired) electrons. The fourth-order valence-electron chi connectivity index (χ4n) is 2.53. The van der Waals surface area contributed by atoms with Crippen LogP contribution in [-0.2, 0) is 0 Å². The number of benzene rings is 1. The molecular weight excluding hydrogens is 248 g/mol. The van der Waals surface area contributed by atoms with Crippen molar-refractivity contribution < 1.29 is 14.8 Å². The average Bonchev–Trinajstić information content (AvgIpc) is 2.74. The van der Waals surface area contributed by atoms with E-state index in [0.29, 0.717) is 17.6 Å². The Balaban J connectivity index is 2.25. The molecule has 2 N–H and O–H groups in total. The van der Waals surface area contributed by atoms with Gasteiger partial charge in [0.1, 0.15) is 5.56 Å². The second kappa shape index (κ2) is 5.26. The van der Waals surface area contributed by atoms with Crippen molar-refractivity contribution in [1.82, 2.24) is 0 Å². The van der Waals surface area contributed by atoms with Crippen molar-refractivity contribution in [2.24, 2.45) is 5.92 Å². The van der Waals surface area contributed by atoms with Crippen LogP contribution in [-0.4, -0.2) is 22.0 Å². The van der Waals surface area contributed by atoms with E-state index < -0.39 is 10.9 Å². The fourth-order valence-corrected chi connectivity index (χ4v) is 2.53. The highest BCUT2D eigenvalue weighted by Gasteiger charge is 2.25. The summed E-state index contributed by atoms with van der Waals surface area (Å²) in [4.78, 5) is 21.1. The Morgan fingerprint density at radius 1 is 1.47 bits per heavy atom. The van der Waals surface area contributed by atoms with Gasteiger partial charge < -0.3 is 10.4 Å². The fraction of sp³-hybridized carbons (Fsp3) is 0.462. The van der Waals surface area contributed by atoms with Gasteiger partial charge in [0.25, 0.3) is 5.69 Å². The number of aromatic carboxylic acids is 1. The maximum atomic E-state index is 11.0. The lowest BCUT2D eigenvalue weighted by Crippen LogP contribution is -2.22. The summed E-state index contributed by atoms with van der Waals surface area (Å²) < 4.78 is 0. The molecule has 0 saturated heterocycles. The Morgan fingerprint density at radius 3 is 2.74 bits per heavy atom. The van der Waals surface area contributed by atoms with Crippen LogP contribution in [0.1, 0.15) is 36.5 Å². The SMILES string of the molecule is CC1CCCC1Nc1ccc([N+](=O)[O-])c(C(=O)O)c1. The van der Waals surface area contributed by atoms with Gasteiger partial charge in [-0.15, -0.1) is 0 Å². The summed E-state index contributed by atoms with van der Waals surface area (Å²) in [6, 6.07) is 4.45. The molecule has 6 nitrogen and oxygen atoms in total. The quantitative estimate of drug-likeness (QED) is 0.644. The molecule has 1 saturated carbocycles. The first-order valence-electron chi connectivity index (χ1n) is 6.27. The lowest BCUT2D eigenvalue weighted by atomic mass is 10.1. The van der Waals surface area contributed by atoms with Gasteiger partial charge in [-0.3, -0.25) is 10.1 Å². The van der Waals surface area contributed by atoms with Gasteiger partial charge >= 0.3 is 5.97 Å². The summed E-state index contributed by atoms with van der Waals surface area (Å²) >= 11 is 0. The summed E-state index contributed by atoms with van der Waals surface area (Å²) in [6.07, 6.45) is 3.34. The van der Waals surface area contributed by atoms with E-state index in [0.717, 1.165) is 19.3 Å². The molecular formula is C13H16N2O4. The highest BCUT2D eigenvalue weighted by atomic mass is 16.6. The summed E-state index contributed by atoms with van der Waals surface area (Å²) in [7, 11) is 0. The first-order valence-corrected chi connectivity index (χ1v) is 6.27. The number of nitrogens with one attached hydrogen (secondary N) is 1. The van der Waals surface area contributed by atoms with Gasteiger partial charge in [-0.25, -0.2) is 4.79 Å². The topological polar surface area (TPSA) is 92.5 Å². The van der Waals surface area contributed by atoms with E-state index in [4.69, 9.17) is 5.11 Å². The lowest BCUT2D eigenvalue weighted by Gasteiger charge is -2.18. The number of nitrogens with zero attached hydrogens (tertiary/aromatic N) is 1. The molecule has 2 atom stereocenters. The van der Waals surface area contributed by atoms with E-state index in [1.165, 1.54) is 12.1 Å². The second-order valence-electron chi connectivity index (χ2n) is 4.95. The van der Waals surface area contributed by atoms with Crippen LogP contribution in [0.2, 0.25) is 0 Å². The Kier molecular flexibility index (Phi) is 3.69. The number of rotatable bonds is 4. The van der Waals surface area contributed by atoms with Crippen LogP contribution in [0.15, 0.2) is 18.2 Å². The van der Waals surface area contributed by atoms with E-state index in [9.17, 15) is 14.9 Å². The van der Waals surface area contributed by atoms with Crippen LogP contribution >= 0.6 is 0 Å². The van der Waals surface area contributed by atoms with Gasteiger partial charge in [0.15, 0.2) is 0 Å². The van der Waals surface area contributed by atoms with Crippen LogP contribution in [0.5, 0.6) is 0 Å². The van der Waals surface area contributed by atoms with E-state index in [2.05, 4.69) is 12.2 Å². The highest BCUT2D eigenvalue weighted by Crippen LogP contribution is 2.29. The molecule has 0 aliphatic heterocycles. The average molecular weight is 264 g/mol. The molecule has 1 fully saturated rings. The molecule has 0 spiro atoms. The molecule has 1 aliphatic carbocycles. The largest absolute Gasteiger partial charge is 0.477 e. The summed E-state index contributed by atoms with van der Waals surface area (Å²) in [5, 5.41) is 23.0. The molecule has 0 heterocycles. The first kappa shape index (κ1) is 13.3. The van der Waals surface area contributed by atoms with E-state index in [-0.39, 0.29) is 11.3 Å². The number of nitro benzene ring substituents is 1. The molecule has 2 unspecified atom stereocenters. The summed E-state index contributed by atoms with van der Waals surface area (Å²) in [5.74, 6) is -0.752. The minimum absolute atomic E-state index is 0.277. The first-order chi connectivity index (χ1) is 8.99. The molecule has 0 amide bonds. The third-order valence-corrected chi connectivity index (χ3v) is 3.64. The number of hydrogen-bond acceptors (Lipinski definition) is 4. The molecule has 1 aromatic carbocycles. The summed E-state index contributed by atoms with van der Waals surface area (Å²) in [5.41, 5.74) is -0.0279. The number of anilines is 1. The Morgan fingerprint density at radius 2 is 2.21 bits per heavy atom. The zero-order chi connectivity index (χ0) is 14.0. The van der Waals surface area contributed by atoms with Gasteiger partial charge in [-0.2, -0.15) is 0 Å². The third kappa shape index (κ3) is 2.83. The number of carboxylic acids is 1. The zero-order valence-corrected chi connectivity index (χ0v) is 10.6. The minimum atomic E-state index is -1.28. The van der Waals surface area contributed by atoms with Crippen molar-refractivity contribution in [3.8, 4) is 0 Å². The number of nitro groups is 1. The Labute approximate surface area is 110 Å². The van der Waals surface area contributed by atoms with Gasteiger partial charge in [-0.05, 0) is 30.9 Å². The van der Waals surface area contributed by atoms with Gasteiger partial charge in [-0.1, -0.05) is 13.3 Å². The van der Waals surface area contributed by atoms with E-state index in [1.54, 1.807) is 6.07 Å². The highest BCUT2D eigenvalue weighted by molar-refractivity contribution is 5.93. The monoisotopic (exact) mass is 264 g/mol. The van der Waals surface area contributed by atoms with Crippen molar-refractivity contribution in [2.75, 3.05) is 5.32 Å². The number of carbonyl (C=O) groups is 1. The molecule has 1 aromatic rings. The molecule has 2 rings (SSSR count). The maximum absolute atomic E-state index is 11.0. The molecule has 0 bridgehead atoms. The molecule has 102 valence electrons. The van der Waals surface area contributed by atoms with Crippen molar-refractivity contribution >= 4 is 17.3 Å². The van der Waals surface area contributed by atoms with Crippen molar-refractivity contribution in [3.63, 3.8) is 0 Å². The predicted octanol–water partition coefficient (Wildman–Crippen LogP) is 2.89. The predicted molar refractivity (Wildman–Crippen MR) is 70.5 cm³/mol. The van der Waals surface area contributed by atoms with Crippen LogP contribution in [0.4, 0.5) is 11.4 Å². The molecule has 1 aliphatic rings. The Hall–Kier alpha value is -2.11. The standard InChI is InChI=1S/C13H16N2O4/c1-8-3-2-4-11(8)14-9-5-6-12(15(18)19)10(7-9)13(16)17/h5-8,11,14H,2-4H2,1H3,(H,16,17). The van der Waals surface area contributed by atoms with Crippen LogP contribution in [0.25, 0.3) is 0 Å². The molecule has 0 aromatic heterocycles. The number of hydrogen-bond donors (Lipinski definition) is 2. The van der Waals surface area contributed by atoms with Crippen molar-refractivity contribution in [2.45, 2.75) is 32.2 Å². The van der Waals surface area contributed by atoms with Gasteiger partial charge in [0.05, 0.1) is 4.92 Å². The molecule has 6 heteroatoms. The third-order valence-electron chi connectivity index (χ3n) is 3.64. The summed E-state index contributed by atoms with van der Waals surface area (Å²) in [6.45, 7) is 2.15. The molecule has 19 heavy (non-hydrogen) atoms. The Bertz CT molecular complexity index is 515.